The highest BCUT2D eigenvalue weighted by Gasteiger charge is 2.15. The van der Waals surface area contributed by atoms with Gasteiger partial charge in [-0.3, -0.25) is 0 Å². The van der Waals surface area contributed by atoms with Crippen molar-refractivity contribution in [3.8, 4) is 11.8 Å². The number of nitrogens with zero attached hydrogens (tertiary/aromatic N) is 1. The summed E-state index contributed by atoms with van der Waals surface area (Å²) in [6, 6.07) is 14.0. The summed E-state index contributed by atoms with van der Waals surface area (Å²) in [5, 5.41) is 11.0. The summed E-state index contributed by atoms with van der Waals surface area (Å²) in [4.78, 5) is 0. The molecule has 3 nitrogen and oxygen atoms in total. The molecule has 0 fully saturated rings. The molecule has 0 aromatic heterocycles. The van der Waals surface area contributed by atoms with Crippen LogP contribution in [0.5, 0.6) is 5.75 Å². The SMILES string of the molecule is CC(C)(C#N)CCCOc1ccc(N)c2ccccc12. The second kappa shape index (κ2) is 5.83. The van der Waals surface area contributed by atoms with E-state index >= 15 is 0 Å². The third-order valence-electron chi connectivity index (χ3n) is 3.42. The molecule has 0 heterocycles. The monoisotopic (exact) mass is 268 g/mol. The number of hydrogen-bond acceptors (Lipinski definition) is 3. The van der Waals surface area contributed by atoms with Crippen molar-refractivity contribution in [3.05, 3.63) is 36.4 Å². The van der Waals surface area contributed by atoms with Gasteiger partial charge in [-0.1, -0.05) is 24.3 Å². The average Bonchev–Trinajstić information content (AvgIpc) is 2.46. The molecule has 20 heavy (non-hydrogen) atoms. The van der Waals surface area contributed by atoms with E-state index in [1.807, 2.05) is 50.2 Å². The molecule has 2 N–H and O–H groups in total. The quantitative estimate of drug-likeness (QED) is 0.655. The fourth-order valence-corrected chi connectivity index (χ4v) is 2.17. The van der Waals surface area contributed by atoms with Crippen molar-refractivity contribution in [3.63, 3.8) is 0 Å². The zero-order valence-electron chi connectivity index (χ0n) is 12.0. The topological polar surface area (TPSA) is 59.0 Å². The Morgan fingerprint density at radius 2 is 1.85 bits per heavy atom. The van der Waals surface area contributed by atoms with E-state index in [0.29, 0.717) is 6.61 Å². The van der Waals surface area contributed by atoms with Gasteiger partial charge in [0.15, 0.2) is 0 Å². The normalized spacial score (nSPS) is 11.2. The number of nitriles is 1. The first-order chi connectivity index (χ1) is 9.53. The van der Waals surface area contributed by atoms with Crippen LogP contribution in [0, 0.1) is 16.7 Å². The molecule has 2 rings (SSSR count). The first kappa shape index (κ1) is 14.2. The third-order valence-corrected chi connectivity index (χ3v) is 3.42. The van der Waals surface area contributed by atoms with Crippen LogP contribution in [0.3, 0.4) is 0 Å². The van der Waals surface area contributed by atoms with Crippen LogP contribution in [0.15, 0.2) is 36.4 Å². The Morgan fingerprint density at radius 1 is 1.15 bits per heavy atom. The van der Waals surface area contributed by atoms with Crippen molar-refractivity contribution in [2.24, 2.45) is 5.41 Å². The molecule has 0 unspecified atom stereocenters. The smallest absolute Gasteiger partial charge is 0.127 e. The van der Waals surface area contributed by atoms with Crippen molar-refractivity contribution in [1.29, 1.82) is 5.26 Å². The lowest BCUT2D eigenvalue weighted by Crippen LogP contribution is -2.10. The Kier molecular flexibility index (Phi) is 4.14. The highest BCUT2D eigenvalue weighted by atomic mass is 16.5. The number of benzene rings is 2. The molecule has 0 aliphatic rings. The van der Waals surface area contributed by atoms with E-state index in [1.165, 1.54) is 0 Å². The Bertz CT molecular complexity index is 641. The first-order valence-electron chi connectivity index (χ1n) is 6.85. The van der Waals surface area contributed by atoms with Gasteiger partial charge in [-0.15, -0.1) is 0 Å². The summed E-state index contributed by atoms with van der Waals surface area (Å²) in [7, 11) is 0. The molecule has 2 aromatic rings. The summed E-state index contributed by atoms with van der Waals surface area (Å²) in [6.07, 6.45) is 1.69. The molecular formula is C17H20N2O. The predicted octanol–water partition coefficient (Wildman–Crippen LogP) is 4.13. The number of hydrogen-bond donors (Lipinski definition) is 1. The van der Waals surface area contributed by atoms with Gasteiger partial charge >= 0.3 is 0 Å². The second-order valence-electron chi connectivity index (χ2n) is 5.65. The van der Waals surface area contributed by atoms with Gasteiger partial charge in [0, 0.05) is 16.5 Å². The largest absolute Gasteiger partial charge is 0.493 e. The van der Waals surface area contributed by atoms with Gasteiger partial charge in [-0.05, 0) is 38.8 Å². The zero-order chi connectivity index (χ0) is 14.6. The Morgan fingerprint density at radius 3 is 2.55 bits per heavy atom. The van der Waals surface area contributed by atoms with E-state index < -0.39 is 0 Å². The molecule has 0 saturated carbocycles. The van der Waals surface area contributed by atoms with Crippen molar-refractivity contribution in [2.75, 3.05) is 12.3 Å². The third kappa shape index (κ3) is 3.21. The van der Waals surface area contributed by atoms with Gasteiger partial charge in [0.05, 0.1) is 18.1 Å². The lowest BCUT2D eigenvalue weighted by Gasteiger charge is -2.15. The Labute approximate surface area is 120 Å². The zero-order valence-corrected chi connectivity index (χ0v) is 12.0. The van der Waals surface area contributed by atoms with Crippen LogP contribution in [0.4, 0.5) is 5.69 Å². The summed E-state index contributed by atoms with van der Waals surface area (Å²) in [5.41, 5.74) is 6.44. The van der Waals surface area contributed by atoms with Gasteiger partial charge in [-0.2, -0.15) is 5.26 Å². The molecule has 104 valence electrons. The molecule has 0 aliphatic heterocycles. The highest BCUT2D eigenvalue weighted by molar-refractivity contribution is 5.96. The standard InChI is InChI=1S/C17H20N2O/c1-17(2,12-18)10-5-11-20-16-9-8-15(19)13-6-3-4-7-14(13)16/h3-4,6-9H,5,10-11,19H2,1-2H3. The number of fused-ring (bicyclic) bond motifs is 1. The van der Waals surface area contributed by atoms with Gasteiger partial charge in [0.25, 0.3) is 0 Å². The van der Waals surface area contributed by atoms with E-state index in [9.17, 15) is 0 Å². The van der Waals surface area contributed by atoms with Gasteiger partial charge < -0.3 is 10.5 Å². The average molecular weight is 268 g/mol. The van der Waals surface area contributed by atoms with Crippen LogP contribution >= 0.6 is 0 Å². The van der Waals surface area contributed by atoms with Gasteiger partial charge in [0.2, 0.25) is 0 Å². The summed E-state index contributed by atoms with van der Waals surface area (Å²) < 4.78 is 5.85. The van der Waals surface area contributed by atoms with Crippen molar-refractivity contribution in [2.45, 2.75) is 26.7 Å². The van der Waals surface area contributed by atoms with Crippen molar-refractivity contribution >= 4 is 16.5 Å². The fourth-order valence-electron chi connectivity index (χ4n) is 2.17. The number of nitrogens with two attached hydrogens (primary N) is 1. The van der Waals surface area contributed by atoms with Crippen LogP contribution in [-0.4, -0.2) is 6.61 Å². The number of anilines is 1. The molecule has 0 bridgehead atoms. The number of rotatable bonds is 5. The predicted molar refractivity (Wildman–Crippen MR) is 82.5 cm³/mol. The van der Waals surface area contributed by atoms with Crippen LogP contribution in [0.25, 0.3) is 10.8 Å². The molecule has 0 atom stereocenters. The maximum Gasteiger partial charge on any atom is 0.127 e. The molecule has 0 radical (unpaired) electrons. The van der Waals surface area contributed by atoms with Crippen LogP contribution in [-0.2, 0) is 0 Å². The van der Waals surface area contributed by atoms with Crippen molar-refractivity contribution in [1.82, 2.24) is 0 Å². The second-order valence-corrected chi connectivity index (χ2v) is 5.65. The minimum absolute atomic E-state index is 0.285. The molecular weight excluding hydrogens is 248 g/mol. The van der Waals surface area contributed by atoms with Crippen LogP contribution in [0.1, 0.15) is 26.7 Å². The van der Waals surface area contributed by atoms with E-state index in [4.69, 9.17) is 15.7 Å². The van der Waals surface area contributed by atoms with E-state index in [0.717, 1.165) is 35.1 Å². The molecule has 2 aromatic carbocycles. The Balaban J connectivity index is 2.05. The highest BCUT2D eigenvalue weighted by Crippen LogP contribution is 2.30. The summed E-state index contributed by atoms with van der Waals surface area (Å²) in [6.45, 7) is 4.51. The number of ether oxygens (including phenoxy) is 1. The van der Waals surface area contributed by atoms with E-state index in [-0.39, 0.29) is 5.41 Å². The fraction of sp³-hybridized carbons (Fsp3) is 0.353. The Hall–Kier alpha value is -2.21. The van der Waals surface area contributed by atoms with Gasteiger partial charge in [-0.25, -0.2) is 0 Å². The van der Waals surface area contributed by atoms with Crippen LogP contribution < -0.4 is 10.5 Å². The summed E-state index contributed by atoms with van der Waals surface area (Å²) in [5.74, 6) is 0.851. The van der Waals surface area contributed by atoms with E-state index in [2.05, 4.69) is 6.07 Å². The minimum atomic E-state index is -0.285. The molecule has 0 aliphatic carbocycles. The van der Waals surface area contributed by atoms with Crippen LogP contribution in [0.2, 0.25) is 0 Å². The lowest BCUT2D eigenvalue weighted by molar-refractivity contribution is 0.287. The maximum absolute atomic E-state index is 8.98. The molecule has 0 amide bonds. The maximum atomic E-state index is 8.98. The summed E-state index contributed by atoms with van der Waals surface area (Å²) >= 11 is 0. The van der Waals surface area contributed by atoms with Gasteiger partial charge in [0.1, 0.15) is 5.75 Å². The molecule has 3 heteroatoms. The lowest BCUT2D eigenvalue weighted by atomic mass is 9.90. The molecule has 0 spiro atoms. The van der Waals surface area contributed by atoms with E-state index in [1.54, 1.807) is 0 Å². The first-order valence-corrected chi connectivity index (χ1v) is 6.85. The number of nitrogen functional groups attached to an aromatic ring is 1. The molecule has 0 saturated heterocycles. The minimum Gasteiger partial charge on any atom is -0.493 e. The van der Waals surface area contributed by atoms with Crippen molar-refractivity contribution < 1.29 is 4.74 Å².